The SMILES string of the molecule is CCNC(=NCCCN(C)CC(F)(F)F)NC1CCS(=O)(=O)C1. The van der Waals surface area contributed by atoms with Crippen molar-refractivity contribution in [2.75, 3.05) is 44.7 Å². The second-order valence-electron chi connectivity index (χ2n) is 5.71. The van der Waals surface area contributed by atoms with Crippen LogP contribution in [0.4, 0.5) is 13.2 Å². The van der Waals surface area contributed by atoms with Crippen LogP contribution in [0.15, 0.2) is 4.99 Å². The molecule has 23 heavy (non-hydrogen) atoms. The molecule has 0 aromatic rings. The first-order valence-electron chi connectivity index (χ1n) is 7.62. The number of nitrogens with one attached hydrogen (secondary N) is 2. The van der Waals surface area contributed by atoms with E-state index in [2.05, 4.69) is 15.6 Å². The third-order valence-corrected chi connectivity index (χ3v) is 5.10. The first kappa shape index (κ1) is 20.0. The molecule has 1 saturated heterocycles. The molecule has 1 aliphatic heterocycles. The van der Waals surface area contributed by atoms with Crippen molar-refractivity contribution in [3.63, 3.8) is 0 Å². The van der Waals surface area contributed by atoms with Crippen molar-refractivity contribution in [3.8, 4) is 0 Å². The van der Waals surface area contributed by atoms with Crippen LogP contribution >= 0.6 is 0 Å². The van der Waals surface area contributed by atoms with Crippen molar-refractivity contribution in [1.82, 2.24) is 15.5 Å². The zero-order valence-corrected chi connectivity index (χ0v) is 14.3. The predicted molar refractivity (Wildman–Crippen MR) is 84.3 cm³/mol. The van der Waals surface area contributed by atoms with Gasteiger partial charge in [-0.15, -0.1) is 0 Å². The maximum absolute atomic E-state index is 12.2. The Bertz CT molecular complexity index is 494. The van der Waals surface area contributed by atoms with Crippen molar-refractivity contribution in [3.05, 3.63) is 0 Å². The molecule has 0 aromatic heterocycles. The van der Waals surface area contributed by atoms with Gasteiger partial charge in [-0.1, -0.05) is 0 Å². The minimum Gasteiger partial charge on any atom is -0.357 e. The monoisotopic (exact) mass is 358 g/mol. The highest BCUT2D eigenvalue weighted by atomic mass is 32.2. The molecule has 136 valence electrons. The van der Waals surface area contributed by atoms with Gasteiger partial charge < -0.3 is 10.6 Å². The van der Waals surface area contributed by atoms with Gasteiger partial charge in [-0.3, -0.25) is 9.89 Å². The van der Waals surface area contributed by atoms with Crippen molar-refractivity contribution in [2.45, 2.75) is 32.0 Å². The topological polar surface area (TPSA) is 73.8 Å². The molecule has 1 atom stereocenters. The molecule has 0 saturated carbocycles. The lowest BCUT2D eigenvalue weighted by Crippen LogP contribution is -2.44. The smallest absolute Gasteiger partial charge is 0.357 e. The van der Waals surface area contributed by atoms with Gasteiger partial charge >= 0.3 is 6.18 Å². The molecule has 0 radical (unpaired) electrons. The van der Waals surface area contributed by atoms with E-state index in [0.29, 0.717) is 38.4 Å². The molecule has 0 aliphatic carbocycles. The van der Waals surface area contributed by atoms with Gasteiger partial charge in [0, 0.05) is 19.1 Å². The number of alkyl halides is 3. The number of rotatable bonds is 7. The van der Waals surface area contributed by atoms with Gasteiger partial charge in [0.25, 0.3) is 0 Å². The minimum atomic E-state index is -4.19. The second kappa shape index (κ2) is 8.72. The fourth-order valence-corrected chi connectivity index (χ4v) is 4.01. The van der Waals surface area contributed by atoms with Crippen molar-refractivity contribution in [2.24, 2.45) is 4.99 Å². The van der Waals surface area contributed by atoms with E-state index in [1.807, 2.05) is 6.92 Å². The summed E-state index contributed by atoms with van der Waals surface area (Å²) >= 11 is 0. The standard InChI is InChI=1S/C13H25F3N4O2S/c1-3-17-12(19-11-5-8-23(21,22)9-11)18-6-4-7-20(2)10-13(14,15)16/h11H,3-10H2,1-2H3,(H2,17,18,19). The number of hydrogen-bond acceptors (Lipinski definition) is 4. The van der Waals surface area contributed by atoms with Gasteiger partial charge in [0.1, 0.15) is 0 Å². The molecule has 1 fully saturated rings. The van der Waals surface area contributed by atoms with Gasteiger partial charge in [0.05, 0.1) is 18.1 Å². The lowest BCUT2D eigenvalue weighted by atomic mass is 10.3. The van der Waals surface area contributed by atoms with Gasteiger partial charge in [0.2, 0.25) is 0 Å². The van der Waals surface area contributed by atoms with Gasteiger partial charge in [0.15, 0.2) is 15.8 Å². The molecular weight excluding hydrogens is 333 g/mol. The largest absolute Gasteiger partial charge is 0.401 e. The molecule has 0 aromatic carbocycles. The summed E-state index contributed by atoms with van der Waals surface area (Å²) in [6.45, 7) is 2.24. The highest BCUT2D eigenvalue weighted by Gasteiger charge is 2.29. The number of halogens is 3. The Morgan fingerprint density at radius 3 is 2.61 bits per heavy atom. The maximum atomic E-state index is 12.2. The van der Waals surface area contributed by atoms with Crippen molar-refractivity contribution >= 4 is 15.8 Å². The quantitative estimate of drug-likeness (QED) is 0.396. The van der Waals surface area contributed by atoms with E-state index in [9.17, 15) is 21.6 Å². The number of guanidine groups is 1. The second-order valence-corrected chi connectivity index (χ2v) is 7.94. The molecule has 1 unspecified atom stereocenters. The summed E-state index contributed by atoms with van der Waals surface area (Å²) < 4.78 is 59.5. The van der Waals surface area contributed by atoms with Gasteiger partial charge in [-0.2, -0.15) is 13.2 Å². The molecule has 0 amide bonds. The normalized spacial score (nSPS) is 21.7. The highest BCUT2D eigenvalue weighted by Crippen LogP contribution is 2.15. The maximum Gasteiger partial charge on any atom is 0.401 e. The van der Waals surface area contributed by atoms with E-state index in [1.54, 1.807) is 0 Å². The molecule has 1 rings (SSSR count). The summed E-state index contributed by atoms with van der Waals surface area (Å²) in [7, 11) is -1.55. The third-order valence-electron chi connectivity index (χ3n) is 3.33. The summed E-state index contributed by atoms with van der Waals surface area (Å²) in [6, 6.07) is -0.161. The molecular formula is C13H25F3N4O2S. The number of aliphatic imine (C=N–C) groups is 1. The van der Waals surface area contributed by atoms with Crippen LogP contribution in [0.3, 0.4) is 0 Å². The van der Waals surface area contributed by atoms with E-state index in [-0.39, 0.29) is 17.5 Å². The van der Waals surface area contributed by atoms with Crippen LogP contribution in [0.25, 0.3) is 0 Å². The van der Waals surface area contributed by atoms with E-state index in [4.69, 9.17) is 0 Å². The highest BCUT2D eigenvalue weighted by molar-refractivity contribution is 7.91. The Morgan fingerprint density at radius 1 is 1.39 bits per heavy atom. The van der Waals surface area contributed by atoms with E-state index in [0.717, 1.165) is 0 Å². The first-order valence-corrected chi connectivity index (χ1v) is 9.44. The van der Waals surface area contributed by atoms with Crippen LogP contribution in [0.2, 0.25) is 0 Å². The van der Waals surface area contributed by atoms with Crippen LogP contribution < -0.4 is 10.6 Å². The number of sulfone groups is 1. The summed E-state index contributed by atoms with van der Waals surface area (Å²) in [5.74, 6) is 0.769. The van der Waals surface area contributed by atoms with Gasteiger partial charge in [-0.05, 0) is 33.4 Å². The van der Waals surface area contributed by atoms with Gasteiger partial charge in [-0.25, -0.2) is 8.42 Å². The summed E-state index contributed by atoms with van der Waals surface area (Å²) in [5.41, 5.74) is 0. The predicted octanol–water partition coefficient (Wildman–Crippen LogP) is 0.613. The Kier molecular flexibility index (Phi) is 7.59. The fraction of sp³-hybridized carbons (Fsp3) is 0.923. The summed E-state index contributed by atoms with van der Waals surface area (Å²) in [4.78, 5) is 5.49. The number of nitrogens with zero attached hydrogens (tertiary/aromatic N) is 2. The Morgan fingerprint density at radius 2 is 2.09 bits per heavy atom. The summed E-state index contributed by atoms with van der Waals surface area (Å²) in [5, 5.41) is 6.08. The molecule has 6 nitrogen and oxygen atoms in total. The Hall–Kier alpha value is -1.03. The zero-order chi connectivity index (χ0) is 17.5. The van der Waals surface area contributed by atoms with Crippen LogP contribution in [0, 0.1) is 0 Å². The lowest BCUT2D eigenvalue weighted by Gasteiger charge is -2.18. The molecule has 0 bridgehead atoms. The Balaban J connectivity index is 2.37. The average molecular weight is 358 g/mol. The number of hydrogen-bond donors (Lipinski definition) is 2. The molecule has 10 heteroatoms. The minimum absolute atomic E-state index is 0.0890. The van der Waals surface area contributed by atoms with Crippen LogP contribution in [0.5, 0.6) is 0 Å². The first-order chi connectivity index (χ1) is 10.6. The molecule has 0 spiro atoms. The average Bonchev–Trinajstić information content (AvgIpc) is 2.72. The van der Waals surface area contributed by atoms with Crippen LogP contribution in [-0.4, -0.2) is 76.2 Å². The van der Waals surface area contributed by atoms with E-state index < -0.39 is 22.6 Å². The lowest BCUT2D eigenvalue weighted by molar-refractivity contribution is -0.143. The van der Waals surface area contributed by atoms with E-state index in [1.165, 1.54) is 11.9 Å². The molecule has 1 aliphatic rings. The fourth-order valence-electron chi connectivity index (χ4n) is 2.34. The summed E-state index contributed by atoms with van der Waals surface area (Å²) in [6.07, 6.45) is -3.16. The van der Waals surface area contributed by atoms with Crippen molar-refractivity contribution < 1.29 is 21.6 Å². The molecule has 1 heterocycles. The van der Waals surface area contributed by atoms with Crippen LogP contribution in [0.1, 0.15) is 19.8 Å². The van der Waals surface area contributed by atoms with E-state index >= 15 is 0 Å². The Labute approximate surface area is 135 Å². The molecule has 2 N–H and O–H groups in total. The van der Waals surface area contributed by atoms with Crippen LogP contribution in [-0.2, 0) is 9.84 Å². The zero-order valence-electron chi connectivity index (χ0n) is 13.5. The van der Waals surface area contributed by atoms with Crippen molar-refractivity contribution in [1.29, 1.82) is 0 Å². The third kappa shape index (κ3) is 8.99.